The van der Waals surface area contributed by atoms with Crippen molar-refractivity contribution >= 4 is 41.3 Å². The van der Waals surface area contributed by atoms with E-state index in [-0.39, 0.29) is 6.71 Å². The average Bonchev–Trinajstić information content (AvgIpc) is 2.70. The standard InChI is InChI=1S/C24H21B/c1-4-19-7-13-22(14-8-19)25(23-15-9-20(5-2)10-16-23)24-17-11-21(6-3)12-18-24/h4-18H,1-3H2. The third kappa shape index (κ3) is 3.72. The van der Waals surface area contributed by atoms with Crippen LogP contribution in [-0.2, 0) is 0 Å². The highest BCUT2D eigenvalue weighted by atomic mass is 14.0. The van der Waals surface area contributed by atoms with Crippen molar-refractivity contribution in [2.75, 3.05) is 0 Å². The van der Waals surface area contributed by atoms with Crippen LogP contribution in [0.2, 0.25) is 0 Å². The second-order valence-electron chi connectivity index (χ2n) is 6.05. The lowest BCUT2D eigenvalue weighted by Gasteiger charge is -2.16. The van der Waals surface area contributed by atoms with E-state index in [1.54, 1.807) is 0 Å². The van der Waals surface area contributed by atoms with Crippen LogP contribution in [0.1, 0.15) is 16.7 Å². The van der Waals surface area contributed by atoms with Crippen LogP contribution >= 0.6 is 0 Å². The Hall–Kier alpha value is -3.06. The maximum absolute atomic E-state index is 3.84. The van der Waals surface area contributed by atoms with Crippen LogP contribution in [0, 0.1) is 0 Å². The summed E-state index contributed by atoms with van der Waals surface area (Å²) < 4.78 is 0. The molecule has 3 rings (SSSR count). The molecule has 25 heavy (non-hydrogen) atoms. The largest absolute Gasteiger partial charge is 0.241 e. The van der Waals surface area contributed by atoms with Gasteiger partial charge in [-0.3, -0.25) is 0 Å². The number of rotatable bonds is 6. The van der Waals surface area contributed by atoms with Crippen LogP contribution in [0.4, 0.5) is 0 Å². The van der Waals surface area contributed by atoms with Crippen LogP contribution in [0.3, 0.4) is 0 Å². The van der Waals surface area contributed by atoms with Gasteiger partial charge in [-0.2, -0.15) is 0 Å². The fourth-order valence-corrected chi connectivity index (χ4v) is 3.05. The van der Waals surface area contributed by atoms with Crippen molar-refractivity contribution in [1.29, 1.82) is 0 Å². The monoisotopic (exact) mass is 320 g/mol. The molecule has 0 spiro atoms. The maximum atomic E-state index is 3.84. The highest BCUT2D eigenvalue weighted by Crippen LogP contribution is 2.05. The van der Waals surface area contributed by atoms with E-state index in [0.717, 1.165) is 16.7 Å². The van der Waals surface area contributed by atoms with Crippen molar-refractivity contribution in [2.45, 2.75) is 0 Å². The summed E-state index contributed by atoms with van der Waals surface area (Å²) in [4.78, 5) is 0. The maximum Gasteiger partial charge on any atom is 0.241 e. The molecule has 0 aliphatic rings. The Kier molecular flexibility index (Phi) is 5.16. The fraction of sp³-hybridized carbons (Fsp3) is 0. The molecule has 0 aromatic heterocycles. The van der Waals surface area contributed by atoms with E-state index in [4.69, 9.17) is 0 Å². The van der Waals surface area contributed by atoms with Crippen molar-refractivity contribution in [3.05, 3.63) is 109 Å². The first-order valence-electron chi connectivity index (χ1n) is 8.42. The first-order valence-corrected chi connectivity index (χ1v) is 8.42. The van der Waals surface area contributed by atoms with Crippen LogP contribution in [0.5, 0.6) is 0 Å². The summed E-state index contributed by atoms with van der Waals surface area (Å²) in [7, 11) is 0. The zero-order valence-electron chi connectivity index (χ0n) is 14.4. The molecule has 120 valence electrons. The van der Waals surface area contributed by atoms with E-state index in [2.05, 4.69) is 92.5 Å². The van der Waals surface area contributed by atoms with Gasteiger partial charge in [-0.25, -0.2) is 0 Å². The number of hydrogen-bond donors (Lipinski definition) is 0. The van der Waals surface area contributed by atoms with Crippen molar-refractivity contribution in [3.63, 3.8) is 0 Å². The summed E-state index contributed by atoms with van der Waals surface area (Å²) in [6.07, 6.45) is 5.61. The molecule has 0 aliphatic heterocycles. The summed E-state index contributed by atoms with van der Waals surface area (Å²) in [5.41, 5.74) is 7.19. The Morgan fingerprint density at radius 2 is 0.680 bits per heavy atom. The van der Waals surface area contributed by atoms with Gasteiger partial charge in [0.2, 0.25) is 6.71 Å². The van der Waals surface area contributed by atoms with Gasteiger partial charge in [-0.1, -0.05) is 127 Å². The van der Waals surface area contributed by atoms with E-state index >= 15 is 0 Å². The highest BCUT2D eigenvalue weighted by molar-refractivity contribution is 6.95. The Morgan fingerprint density at radius 1 is 0.440 bits per heavy atom. The molecule has 0 atom stereocenters. The summed E-state index contributed by atoms with van der Waals surface area (Å²) in [5, 5.41) is 0. The molecule has 0 N–H and O–H groups in total. The molecule has 0 fully saturated rings. The molecule has 0 bridgehead atoms. The number of benzene rings is 3. The minimum absolute atomic E-state index is 0.191. The quantitative estimate of drug-likeness (QED) is 0.599. The molecule has 1 heteroatoms. The lowest BCUT2D eigenvalue weighted by atomic mass is 9.37. The van der Waals surface area contributed by atoms with Crippen LogP contribution in [0.15, 0.2) is 92.5 Å². The van der Waals surface area contributed by atoms with Crippen LogP contribution in [-0.4, -0.2) is 6.71 Å². The molecular weight excluding hydrogens is 299 g/mol. The summed E-state index contributed by atoms with van der Waals surface area (Å²) in [6.45, 7) is 11.7. The van der Waals surface area contributed by atoms with Crippen molar-refractivity contribution < 1.29 is 0 Å². The molecule has 0 amide bonds. The smallest absolute Gasteiger partial charge is 0.0985 e. The zero-order valence-corrected chi connectivity index (χ0v) is 14.4. The average molecular weight is 320 g/mol. The summed E-state index contributed by atoms with van der Waals surface area (Å²) in [6, 6.07) is 25.8. The normalized spacial score (nSPS) is 10.1. The summed E-state index contributed by atoms with van der Waals surface area (Å²) in [5.74, 6) is 0. The summed E-state index contributed by atoms with van der Waals surface area (Å²) >= 11 is 0. The number of hydrogen-bond acceptors (Lipinski definition) is 0. The fourth-order valence-electron chi connectivity index (χ4n) is 3.05. The first-order chi connectivity index (χ1) is 12.2. The van der Waals surface area contributed by atoms with E-state index < -0.39 is 0 Å². The Morgan fingerprint density at radius 3 is 0.880 bits per heavy atom. The van der Waals surface area contributed by atoms with Gasteiger partial charge < -0.3 is 0 Å². The van der Waals surface area contributed by atoms with E-state index in [0.29, 0.717) is 0 Å². The van der Waals surface area contributed by atoms with Gasteiger partial charge in [-0.15, -0.1) is 0 Å². The predicted octanol–water partition coefficient (Wildman–Crippen LogP) is 4.13. The van der Waals surface area contributed by atoms with Crippen molar-refractivity contribution in [2.24, 2.45) is 0 Å². The van der Waals surface area contributed by atoms with Crippen molar-refractivity contribution in [1.82, 2.24) is 0 Å². The van der Waals surface area contributed by atoms with E-state index in [1.807, 2.05) is 18.2 Å². The molecule has 3 aromatic carbocycles. The first kappa shape index (κ1) is 16.8. The van der Waals surface area contributed by atoms with Gasteiger partial charge in [0.1, 0.15) is 0 Å². The highest BCUT2D eigenvalue weighted by Gasteiger charge is 2.21. The third-order valence-corrected chi connectivity index (χ3v) is 4.52. The van der Waals surface area contributed by atoms with Crippen LogP contribution < -0.4 is 16.4 Å². The molecule has 0 saturated carbocycles. The Labute approximate surface area is 150 Å². The van der Waals surface area contributed by atoms with E-state index in [9.17, 15) is 0 Å². The minimum Gasteiger partial charge on any atom is -0.0985 e. The molecule has 0 saturated heterocycles. The van der Waals surface area contributed by atoms with E-state index in [1.165, 1.54) is 16.4 Å². The molecule has 0 unspecified atom stereocenters. The topological polar surface area (TPSA) is 0 Å². The molecule has 0 radical (unpaired) electrons. The van der Waals surface area contributed by atoms with Gasteiger partial charge in [0.05, 0.1) is 0 Å². The van der Waals surface area contributed by atoms with Gasteiger partial charge >= 0.3 is 0 Å². The van der Waals surface area contributed by atoms with Crippen molar-refractivity contribution in [3.8, 4) is 0 Å². The molecule has 3 aromatic rings. The van der Waals surface area contributed by atoms with Gasteiger partial charge in [-0.05, 0) is 16.7 Å². The Balaban J connectivity index is 2.09. The van der Waals surface area contributed by atoms with Gasteiger partial charge in [0.15, 0.2) is 0 Å². The lowest BCUT2D eigenvalue weighted by Crippen LogP contribution is -2.51. The van der Waals surface area contributed by atoms with Crippen LogP contribution in [0.25, 0.3) is 18.2 Å². The molecular formula is C24H21B. The second kappa shape index (κ2) is 7.68. The molecule has 0 aliphatic carbocycles. The molecule has 0 heterocycles. The predicted molar refractivity (Wildman–Crippen MR) is 114 cm³/mol. The lowest BCUT2D eigenvalue weighted by molar-refractivity contribution is 1.66. The second-order valence-corrected chi connectivity index (χ2v) is 6.05. The zero-order chi connectivity index (χ0) is 17.6. The molecule has 0 nitrogen and oxygen atoms in total. The minimum atomic E-state index is 0.191. The Bertz CT molecular complexity index is 746. The SMILES string of the molecule is C=Cc1ccc(B(c2ccc(C=C)cc2)c2ccc(C=C)cc2)cc1. The van der Waals surface area contributed by atoms with Gasteiger partial charge in [0, 0.05) is 0 Å². The van der Waals surface area contributed by atoms with Gasteiger partial charge in [0.25, 0.3) is 0 Å². The third-order valence-electron chi connectivity index (χ3n) is 4.52.